The first-order valence-corrected chi connectivity index (χ1v) is 8.52. The van der Waals surface area contributed by atoms with Gasteiger partial charge in [0, 0.05) is 11.8 Å². The second kappa shape index (κ2) is 7.60. The van der Waals surface area contributed by atoms with Crippen LogP contribution in [0.5, 0.6) is 0 Å². The van der Waals surface area contributed by atoms with Gasteiger partial charge in [-0.2, -0.15) is 0 Å². The molecule has 0 unspecified atom stereocenters. The SMILES string of the molecule is CCOC(=O)/C=C/c1cccc(NS(=O)(=O)c2ccccc2)c1. The fourth-order valence-electron chi connectivity index (χ4n) is 1.87. The number of hydrogen-bond donors (Lipinski definition) is 1. The van der Waals surface area contributed by atoms with E-state index in [9.17, 15) is 13.2 Å². The van der Waals surface area contributed by atoms with Crippen LogP contribution in [-0.2, 0) is 19.6 Å². The summed E-state index contributed by atoms with van der Waals surface area (Å²) in [5.41, 5.74) is 1.10. The van der Waals surface area contributed by atoms with Gasteiger partial charge >= 0.3 is 5.97 Å². The molecule has 0 radical (unpaired) electrons. The van der Waals surface area contributed by atoms with Gasteiger partial charge in [-0.3, -0.25) is 4.72 Å². The normalized spacial score (nSPS) is 11.3. The van der Waals surface area contributed by atoms with Gasteiger partial charge in [0.15, 0.2) is 0 Å². The van der Waals surface area contributed by atoms with Crippen molar-refractivity contribution < 1.29 is 17.9 Å². The average molecular weight is 331 g/mol. The zero-order valence-electron chi connectivity index (χ0n) is 12.6. The maximum absolute atomic E-state index is 12.3. The van der Waals surface area contributed by atoms with Crippen LogP contribution >= 0.6 is 0 Å². The number of esters is 1. The number of nitrogens with one attached hydrogen (secondary N) is 1. The Bertz CT molecular complexity index is 798. The number of anilines is 1. The van der Waals surface area contributed by atoms with Gasteiger partial charge in [0.1, 0.15) is 0 Å². The molecule has 0 amide bonds. The molecule has 2 aromatic rings. The molecular weight excluding hydrogens is 314 g/mol. The van der Waals surface area contributed by atoms with E-state index < -0.39 is 16.0 Å². The van der Waals surface area contributed by atoms with E-state index in [1.165, 1.54) is 18.2 Å². The van der Waals surface area contributed by atoms with Gasteiger partial charge in [-0.1, -0.05) is 30.3 Å². The summed E-state index contributed by atoms with van der Waals surface area (Å²) in [6.07, 6.45) is 2.87. The van der Waals surface area contributed by atoms with Gasteiger partial charge in [0.25, 0.3) is 10.0 Å². The van der Waals surface area contributed by atoms with E-state index in [1.54, 1.807) is 55.5 Å². The van der Waals surface area contributed by atoms with E-state index in [2.05, 4.69) is 4.72 Å². The molecule has 1 N–H and O–H groups in total. The Morgan fingerprint density at radius 3 is 2.57 bits per heavy atom. The fourth-order valence-corrected chi connectivity index (χ4v) is 2.94. The van der Waals surface area contributed by atoms with E-state index in [0.717, 1.165) is 0 Å². The monoisotopic (exact) mass is 331 g/mol. The first-order valence-electron chi connectivity index (χ1n) is 7.04. The number of hydrogen-bond acceptors (Lipinski definition) is 4. The average Bonchev–Trinajstić information content (AvgIpc) is 2.54. The Kier molecular flexibility index (Phi) is 5.54. The van der Waals surface area contributed by atoms with Crippen molar-refractivity contribution in [1.82, 2.24) is 0 Å². The summed E-state index contributed by atoms with van der Waals surface area (Å²) >= 11 is 0. The smallest absolute Gasteiger partial charge is 0.330 e. The standard InChI is InChI=1S/C17H17NO4S/c1-2-22-17(19)12-11-14-7-6-8-15(13-14)18-23(20,21)16-9-4-3-5-10-16/h3-13,18H,2H2,1H3/b12-11+. The molecule has 0 heterocycles. The number of carbonyl (C=O) groups is 1. The van der Waals surface area contributed by atoms with Gasteiger partial charge in [0.2, 0.25) is 0 Å². The van der Waals surface area contributed by atoms with Crippen LogP contribution in [0.4, 0.5) is 5.69 Å². The second-order valence-electron chi connectivity index (χ2n) is 4.63. The molecule has 6 heteroatoms. The molecule has 0 aliphatic heterocycles. The van der Waals surface area contributed by atoms with Gasteiger partial charge < -0.3 is 4.74 Å². The quantitative estimate of drug-likeness (QED) is 0.652. The third-order valence-electron chi connectivity index (χ3n) is 2.89. The van der Waals surface area contributed by atoms with Gasteiger partial charge in [-0.15, -0.1) is 0 Å². The van der Waals surface area contributed by atoms with Crippen molar-refractivity contribution in [3.63, 3.8) is 0 Å². The zero-order chi connectivity index (χ0) is 16.7. The summed E-state index contributed by atoms with van der Waals surface area (Å²) in [5.74, 6) is -0.442. The van der Waals surface area contributed by atoms with E-state index in [1.807, 2.05) is 0 Å². The highest BCUT2D eigenvalue weighted by atomic mass is 32.2. The molecule has 0 fully saturated rings. The van der Waals surface area contributed by atoms with Crippen LogP contribution in [0.3, 0.4) is 0 Å². The molecule has 2 aromatic carbocycles. The zero-order valence-corrected chi connectivity index (χ0v) is 13.4. The Morgan fingerprint density at radius 1 is 1.13 bits per heavy atom. The van der Waals surface area contributed by atoms with Gasteiger partial charge in [0.05, 0.1) is 11.5 Å². The van der Waals surface area contributed by atoms with Crippen molar-refractivity contribution in [3.8, 4) is 0 Å². The Hall–Kier alpha value is -2.60. The molecule has 0 bridgehead atoms. The molecule has 0 atom stereocenters. The molecule has 5 nitrogen and oxygen atoms in total. The molecule has 0 aliphatic carbocycles. The van der Waals surface area contributed by atoms with Crippen molar-refractivity contribution in [2.75, 3.05) is 11.3 Å². The molecule has 0 saturated heterocycles. The predicted molar refractivity (Wildman–Crippen MR) is 89.4 cm³/mol. The maximum atomic E-state index is 12.3. The topological polar surface area (TPSA) is 72.5 Å². The van der Waals surface area contributed by atoms with E-state index in [0.29, 0.717) is 17.9 Å². The number of rotatable bonds is 6. The van der Waals surface area contributed by atoms with Crippen molar-refractivity contribution in [1.29, 1.82) is 0 Å². The molecule has 0 aromatic heterocycles. The molecule has 0 spiro atoms. The highest BCUT2D eigenvalue weighted by molar-refractivity contribution is 7.92. The van der Waals surface area contributed by atoms with Crippen LogP contribution < -0.4 is 4.72 Å². The van der Waals surface area contributed by atoms with Crippen LogP contribution in [-0.4, -0.2) is 21.0 Å². The Balaban J connectivity index is 2.16. The van der Waals surface area contributed by atoms with Crippen LogP contribution in [0, 0.1) is 0 Å². The minimum Gasteiger partial charge on any atom is -0.463 e. The minimum atomic E-state index is -3.64. The van der Waals surface area contributed by atoms with Crippen molar-refractivity contribution in [2.24, 2.45) is 0 Å². The van der Waals surface area contributed by atoms with Gasteiger partial charge in [-0.25, -0.2) is 13.2 Å². The number of ether oxygens (including phenoxy) is 1. The third kappa shape index (κ3) is 4.96. The fraction of sp³-hybridized carbons (Fsp3) is 0.118. The summed E-state index contributed by atoms with van der Waals surface area (Å²) in [5, 5.41) is 0. The molecule has 23 heavy (non-hydrogen) atoms. The van der Waals surface area contributed by atoms with Crippen LogP contribution in [0.1, 0.15) is 12.5 Å². The second-order valence-corrected chi connectivity index (χ2v) is 6.31. The highest BCUT2D eigenvalue weighted by Crippen LogP contribution is 2.17. The van der Waals surface area contributed by atoms with E-state index in [4.69, 9.17) is 4.74 Å². The lowest BCUT2D eigenvalue weighted by atomic mass is 10.2. The first kappa shape index (κ1) is 16.8. The Labute approximate surface area is 135 Å². The number of sulfonamides is 1. The van der Waals surface area contributed by atoms with Crippen molar-refractivity contribution in [2.45, 2.75) is 11.8 Å². The lowest BCUT2D eigenvalue weighted by molar-refractivity contribution is -0.137. The summed E-state index contributed by atoms with van der Waals surface area (Å²) in [7, 11) is -3.64. The molecule has 120 valence electrons. The van der Waals surface area contributed by atoms with Crippen molar-refractivity contribution in [3.05, 3.63) is 66.2 Å². The van der Waals surface area contributed by atoms with E-state index >= 15 is 0 Å². The lowest BCUT2D eigenvalue weighted by Crippen LogP contribution is -2.12. The highest BCUT2D eigenvalue weighted by Gasteiger charge is 2.13. The minimum absolute atomic E-state index is 0.187. The first-order chi connectivity index (χ1) is 11.0. The summed E-state index contributed by atoms with van der Waals surface area (Å²) < 4.78 is 31.8. The summed E-state index contributed by atoms with van der Waals surface area (Å²) in [4.78, 5) is 11.5. The van der Waals surface area contributed by atoms with Crippen LogP contribution in [0.15, 0.2) is 65.6 Å². The summed E-state index contributed by atoms with van der Waals surface area (Å²) in [6, 6.07) is 14.8. The van der Waals surface area contributed by atoms with Gasteiger partial charge in [-0.05, 0) is 42.8 Å². The predicted octanol–water partition coefficient (Wildman–Crippen LogP) is 3.06. The maximum Gasteiger partial charge on any atom is 0.330 e. The lowest BCUT2D eigenvalue weighted by Gasteiger charge is -2.08. The molecule has 2 rings (SSSR count). The van der Waals surface area contributed by atoms with E-state index in [-0.39, 0.29) is 4.90 Å². The van der Waals surface area contributed by atoms with Crippen molar-refractivity contribution >= 4 is 27.8 Å². The largest absolute Gasteiger partial charge is 0.463 e. The van der Waals surface area contributed by atoms with Crippen LogP contribution in [0.2, 0.25) is 0 Å². The van der Waals surface area contributed by atoms with Crippen LogP contribution in [0.25, 0.3) is 6.08 Å². The number of benzene rings is 2. The summed E-state index contributed by atoms with van der Waals surface area (Å²) in [6.45, 7) is 2.03. The molecule has 0 saturated carbocycles. The third-order valence-corrected chi connectivity index (χ3v) is 4.29. The molecule has 0 aliphatic rings. The number of carbonyl (C=O) groups excluding carboxylic acids is 1. The molecular formula is C17H17NO4S. The Morgan fingerprint density at radius 2 is 1.87 bits per heavy atom.